The molecule has 1 fully saturated rings. The van der Waals surface area contributed by atoms with Gasteiger partial charge in [-0.2, -0.15) is 0 Å². The SMILES string of the molecule is COc1ccc(CN2CCN(C(N)=O)CC2)cc1OC[C@@H](O)CN(C)C(C)C. The molecular formula is C20H34N4O4. The van der Waals surface area contributed by atoms with E-state index in [0.29, 0.717) is 37.2 Å². The highest BCUT2D eigenvalue weighted by molar-refractivity contribution is 5.72. The zero-order chi connectivity index (χ0) is 20.7. The van der Waals surface area contributed by atoms with Crippen molar-refractivity contribution in [2.75, 3.05) is 53.5 Å². The van der Waals surface area contributed by atoms with Crippen LogP contribution in [0.3, 0.4) is 0 Å². The minimum atomic E-state index is -0.581. The van der Waals surface area contributed by atoms with Crippen LogP contribution in [0.25, 0.3) is 0 Å². The standard InChI is InChI=1S/C20H34N4O4/c1-15(2)22(3)13-17(25)14-28-19-11-16(5-6-18(19)27-4)12-23-7-9-24(10-8-23)20(21)26/h5-6,11,15,17,25H,7-10,12-14H2,1-4H3,(H2,21,26)/t17-/m0/s1. The number of likely N-dealkylation sites (N-methyl/N-ethyl adjacent to an activating group) is 1. The van der Waals surface area contributed by atoms with Gasteiger partial charge in [-0.1, -0.05) is 6.07 Å². The topological polar surface area (TPSA) is 91.5 Å². The summed E-state index contributed by atoms with van der Waals surface area (Å²) in [4.78, 5) is 17.3. The van der Waals surface area contributed by atoms with E-state index in [9.17, 15) is 9.90 Å². The molecule has 0 saturated carbocycles. The van der Waals surface area contributed by atoms with Crippen molar-refractivity contribution in [3.8, 4) is 11.5 Å². The highest BCUT2D eigenvalue weighted by Gasteiger charge is 2.20. The number of carbonyl (C=O) groups excluding carboxylic acids is 1. The summed E-state index contributed by atoms with van der Waals surface area (Å²) in [5.41, 5.74) is 6.43. The number of benzene rings is 1. The first-order valence-electron chi connectivity index (χ1n) is 9.75. The molecule has 3 N–H and O–H groups in total. The number of urea groups is 1. The first-order chi connectivity index (χ1) is 13.3. The summed E-state index contributed by atoms with van der Waals surface area (Å²) >= 11 is 0. The maximum atomic E-state index is 11.2. The second-order valence-corrected chi connectivity index (χ2v) is 7.58. The summed E-state index contributed by atoms with van der Waals surface area (Å²) in [5, 5.41) is 10.2. The molecule has 1 saturated heterocycles. The summed E-state index contributed by atoms with van der Waals surface area (Å²) in [6, 6.07) is 5.86. The van der Waals surface area contributed by atoms with Gasteiger partial charge in [-0.3, -0.25) is 4.90 Å². The normalized spacial score (nSPS) is 16.5. The fraction of sp³-hybridized carbons (Fsp3) is 0.650. The lowest BCUT2D eigenvalue weighted by molar-refractivity contribution is 0.0667. The van der Waals surface area contributed by atoms with E-state index in [1.165, 1.54) is 0 Å². The minimum Gasteiger partial charge on any atom is -0.493 e. The van der Waals surface area contributed by atoms with Crippen LogP contribution in [0.5, 0.6) is 11.5 Å². The number of methoxy groups -OCH3 is 1. The summed E-state index contributed by atoms with van der Waals surface area (Å²) in [6.07, 6.45) is -0.581. The van der Waals surface area contributed by atoms with Gasteiger partial charge in [-0.25, -0.2) is 4.79 Å². The Morgan fingerprint density at radius 2 is 1.93 bits per heavy atom. The lowest BCUT2D eigenvalue weighted by Crippen LogP contribution is -2.50. The molecule has 1 heterocycles. The molecule has 2 rings (SSSR count). The smallest absolute Gasteiger partial charge is 0.314 e. The molecule has 0 unspecified atom stereocenters. The Morgan fingerprint density at radius 1 is 1.25 bits per heavy atom. The molecule has 0 aromatic heterocycles. The molecule has 1 aliphatic rings. The fourth-order valence-electron chi connectivity index (χ4n) is 3.10. The molecule has 0 radical (unpaired) electrons. The molecule has 158 valence electrons. The molecule has 1 aromatic carbocycles. The van der Waals surface area contributed by atoms with Crippen molar-refractivity contribution in [1.29, 1.82) is 0 Å². The van der Waals surface area contributed by atoms with Crippen molar-refractivity contribution >= 4 is 6.03 Å². The van der Waals surface area contributed by atoms with Crippen LogP contribution in [0.1, 0.15) is 19.4 Å². The molecule has 2 amide bonds. The van der Waals surface area contributed by atoms with Crippen molar-refractivity contribution in [2.24, 2.45) is 5.73 Å². The molecule has 1 aliphatic heterocycles. The lowest BCUT2D eigenvalue weighted by atomic mass is 10.1. The third kappa shape index (κ3) is 6.54. The number of primary amides is 1. The third-order valence-corrected chi connectivity index (χ3v) is 5.13. The molecule has 1 aromatic rings. The van der Waals surface area contributed by atoms with Gasteiger partial charge < -0.3 is 30.1 Å². The second-order valence-electron chi connectivity index (χ2n) is 7.58. The predicted octanol–water partition coefficient (Wildman–Crippen LogP) is 0.971. The maximum Gasteiger partial charge on any atom is 0.314 e. The van der Waals surface area contributed by atoms with E-state index in [0.717, 1.165) is 25.2 Å². The van der Waals surface area contributed by atoms with Gasteiger partial charge in [0.05, 0.1) is 7.11 Å². The number of carbonyl (C=O) groups is 1. The molecule has 0 aliphatic carbocycles. The summed E-state index contributed by atoms with van der Waals surface area (Å²) < 4.78 is 11.3. The number of aliphatic hydroxyl groups is 1. The number of ether oxygens (including phenoxy) is 2. The van der Waals surface area contributed by atoms with Gasteiger partial charge in [0.1, 0.15) is 12.7 Å². The first kappa shape index (κ1) is 22.3. The van der Waals surface area contributed by atoms with Crippen LogP contribution in [0.2, 0.25) is 0 Å². The molecule has 8 heteroatoms. The van der Waals surface area contributed by atoms with Crippen LogP contribution < -0.4 is 15.2 Å². The van der Waals surface area contributed by atoms with Gasteiger partial charge in [-0.15, -0.1) is 0 Å². The Bertz CT molecular complexity index is 633. The van der Waals surface area contributed by atoms with E-state index < -0.39 is 6.10 Å². The Morgan fingerprint density at radius 3 is 2.50 bits per heavy atom. The summed E-state index contributed by atoms with van der Waals surface area (Å²) in [5.74, 6) is 1.27. The number of amides is 2. The van der Waals surface area contributed by atoms with E-state index >= 15 is 0 Å². The highest BCUT2D eigenvalue weighted by atomic mass is 16.5. The third-order valence-electron chi connectivity index (χ3n) is 5.13. The van der Waals surface area contributed by atoms with Crippen LogP contribution in [0.4, 0.5) is 4.79 Å². The minimum absolute atomic E-state index is 0.203. The Hall–Kier alpha value is -2.03. The maximum absolute atomic E-state index is 11.2. The van der Waals surface area contributed by atoms with Gasteiger partial charge >= 0.3 is 6.03 Å². The van der Waals surface area contributed by atoms with Crippen molar-refractivity contribution in [3.05, 3.63) is 23.8 Å². The van der Waals surface area contributed by atoms with E-state index in [4.69, 9.17) is 15.2 Å². The van der Waals surface area contributed by atoms with Crippen LogP contribution in [-0.2, 0) is 6.54 Å². The van der Waals surface area contributed by atoms with Gasteiger partial charge in [0, 0.05) is 45.3 Å². The number of rotatable bonds is 9. The average molecular weight is 395 g/mol. The Balaban J connectivity index is 1.93. The predicted molar refractivity (Wildman–Crippen MR) is 109 cm³/mol. The number of nitrogens with two attached hydrogens (primary N) is 1. The first-order valence-corrected chi connectivity index (χ1v) is 9.75. The molecule has 28 heavy (non-hydrogen) atoms. The van der Waals surface area contributed by atoms with Crippen LogP contribution >= 0.6 is 0 Å². The van der Waals surface area contributed by atoms with Gasteiger partial charge in [-0.05, 0) is 38.6 Å². The summed E-state index contributed by atoms with van der Waals surface area (Å²) in [6.45, 7) is 8.53. The van der Waals surface area contributed by atoms with Gasteiger partial charge in [0.15, 0.2) is 11.5 Å². The monoisotopic (exact) mass is 394 g/mol. The van der Waals surface area contributed by atoms with Gasteiger partial charge in [0.2, 0.25) is 0 Å². The zero-order valence-electron chi connectivity index (χ0n) is 17.4. The Kier molecular flexibility index (Phi) is 8.35. The number of aliphatic hydroxyl groups excluding tert-OH is 1. The van der Waals surface area contributed by atoms with Crippen molar-refractivity contribution in [2.45, 2.75) is 32.5 Å². The van der Waals surface area contributed by atoms with Crippen molar-refractivity contribution in [1.82, 2.24) is 14.7 Å². The molecule has 0 bridgehead atoms. The van der Waals surface area contributed by atoms with E-state index in [2.05, 4.69) is 23.6 Å². The van der Waals surface area contributed by atoms with Crippen LogP contribution in [0.15, 0.2) is 18.2 Å². The lowest BCUT2D eigenvalue weighted by Gasteiger charge is -2.33. The number of hydrogen-bond acceptors (Lipinski definition) is 6. The average Bonchev–Trinajstić information content (AvgIpc) is 2.66. The van der Waals surface area contributed by atoms with E-state index in [-0.39, 0.29) is 12.6 Å². The zero-order valence-corrected chi connectivity index (χ0v) is 17.4. The van der Waals surface area contributed by atoms with Crippen molar-refractivity contribution < 1.29 is 19.4 Å². The van der Waals surface area contributed by atoms with Crippen molar-refractivity contribution in [3.63, 3.8) is 0 Å². The number of piperazine rings is 1. The van der Waals surface area contributed by atoms with Gasteiger partial charge in [0.25, 0.3) is 0 Å². The quantitative estimate of drug-likeness (QED) is 0.649. The number of hydrogen-bond donors (Lipinski definition) is 2. The largest absolute Gasteiger partial charge is 0.493 e. The van der Waals surface area contributed by atoms with E-state index in [1.807, 2.05) is 25.2 Å². The van der Waals surface area contributed by atoms with E-state index in [1.54, 1.807) is 12.0 Å². The number of nitrogens with zero attached hydrogens (tertiary/aromatic N) is 3. The fourth-order valence-corrected chi connectivity index (χ4v) is 3.10. The second kappa shape index (κ2) is 10.5. The van der Waals surface area contributed by atoms with Crippen LogP contribution in [0, 0.1) is 0 Å². The van der Waals surface area contributed by atoms with Crippen LogP contribution in [-0.4, -0.2) is 91.5 Å². The highest BCUT2D eigenvalue weighted by Crippen LogP contribution is 2.29. The summed E-state index contributed by atoms with van der Waals surface area (Å²) in [7, 11) is 3.58. The molecular weight excluding hydrogens is 360 g/mol. The Labute approximate surface area is 167 Å². The molecule has 8 nitrogen and oxygen atoms in total. The molecule has 1 atom stereocenters. The molecule has 0 spiro atoms.